The lowest BCUT2D eigenvalue weighted by Crippen LogP contribution is -2.19. The molecule has 16 heavy (non-hydrogen) atoms. The highest BCUT2D eigenvalue weighted by atomic mass is 35.5. The third kappa shape index (κ3) is 5.24. The van der Waals surface area contributed by atoms with Crippen molar-refractivity contribution in [3.63, 3.8) is 0 Å². The van der Waals surface area contributed by atoms with E-state index < -0.39 is 0 Å². The van der Waals surface area contributed by atoms with Gasteiger partial charge >= 0.3 is 0 Å². The van der Waals surface area contributed by atoms with Crippen molar-refractivity contribution in [1.82, 2.24) is 5.32 Å². The summed E-state index contributed by atoms with van der Waals surface area (Å²) >= 11 is 7.77. The molecule has 1 atom stereocenters. The molecule has 1 nitrogen and oxygen atoms in total. The zero-order valence-corrected chi connectivity index (χ0v) is 11.6. The van der Waals surface area contributed by atoms with Crippen LogP contribution in [0.1, 0.15) is 31.4 Å². The minimum Gasteiger partial charge on any atom is -0.310 e. The zero-order valence-electron chi connectivity index (χ0n) is 10.0. The Labute approximate surface area is 108 Å². The Kier molecular flexibility index (Phi) is 6.93. The van der Waals surface area contributed by atoms with E-state index in [1.54, 1.807) is 0 Å². The second kappa shape index (κ2) is 7.99. The molecule has 0 aromatic heterocycles. The summed E-state index contributed by atoms with van der Waals surface area (Å²) in [7, 11) is 0. The Balaban J connectivity index is 2.24. The van der Waals surface area contributed by atoms with Gasteiger partial charge in [-0.3, -0.25) is 0 Å². The number of hydrogen-bond donors (Lipinski definition) is 1. The maximum Gasteiger partial charge on any atom is 0.0406 e. The van der Waals surface area contributed by atoms with Crippen LogP contribution in [0.15, 0.2) is 24.3 Å². The van der Waals surface area contributed by atoms with Gasteiger partial charge < -0.3 is 5.32 Å². The molecule has 0 aliphatic carbocycles. The lowest BCUT2D eigenvalue weighted by molar-refractivity contribution is 0.556. The van der Waals surface area contributed by atoms with Gasteiger partial charge in [0, 0.05) is 11.1 Å². The molecule has 0 radical (unpaired) electrons. The van der Waals surface area contributed by atoms with Gasteiger partial charge in [-0.15, -0.1) is 0 Å². The molecule has 0 aliphatic rings. The Hall–Kier alpha value is -0.180. The molecule has 0 amide bonds. The van der Waals surface area contributed by atoms with Crippen LogP contribution in [0.5, 0.6) is 0 Å². The highest BCUT2D eigenvalue weighted by molar-refractivity contribution is 7.98. The van der Waals surface area contributed by atoms with Crippen molar-refractivity contribution in [2.24, 2.45) is 0 Å². The molecule has 0 saturated carbocycles. The second-order valence-electron chi connectivity index (χ2n) is 3.93. The number of benzene rings is 1. The van der Waals surface area contributed by atoms with Crippen LogP contribution in [0.25, 0.3) is 0 Å². The lowest BCUT2D eigenvalue weighted by atomic mass is 10.1. The monoisotopic (exact) mass is 257 g/mol. The highest BCUT2D eigenvalue weighted by Gasteiger charge is 2.03. The van der Waals surface area contributed by atoms with Crippen LogP contribution in [0.4, 0.5) is 0 Å². The molecule has 1 aromatic carbocycles. The van der Waals surface area contributed by atoms with E-state index in [0.717, 1.165) is 11.6 Å². The van der Waals surface area contributed by atoms with Crippen LogP contribution in [0.2, 0.25) is 5.02 Å². The van der Waals surface area contributed by atoms with Gasteiger partial charge in [-0.2, -0.15) is 11.8 Å². The predicted molar refractivity (Wildman–Crippen MR) is 75.5 cm³/mol. The molecule has 0 heterocycles. The molecule has 0 unspecified atom stereocenters. The first-order valence-corrected chi connectivity index (χ1v) is 7.49. The number of rotatable bonds is 7. The fraction of sp³-hybridized carbons (Fsp3) is 0.538. The minimum absolute atomic E-state index is 0.409. The maximum absolute atomic E-state index is 5.86. The molecule has 0 spiro atoms. The molecule has 1 aromatic rings. The maximum atomic E-state index is 5.86. The lowest BCUT2D eigenvalue weighted by Gasteiger charge is -2.14. The molecular formula is C13H20ClNS. The molecular weight excluding hydrogens is 238 g/mol. The standard InChI is InChI=1S/C13H20ClNS/c1-11(15-9-3-4-10-16-2)12-5-7-13(14)8-6-12/h5-8,11,15H,3-4,9-10H2,1-2H3/t11-/m1/s1. The highest BCUT2D eigenvalue weighted by Crippen LogP contribution is 2.15. The van der Waals surface area contributed by atoms with Crippen molar-refractivity contribution in [1.29, 1.82) is 0 Å². The van der Waals surface area contributed by atoms with Crippen molar-refractivity contribution in [2.45, 2.75) is 25.8 Å². The van der Waals surface area contributed by atoms with Gasteiger partial charge in [-0.05, 0) is 56.0 Å². The summed E-state index contributed by atoms with van der Waals surface area (Å²) in [5.74, 6) is 1.26. The van der Waals surface area contributed by atoms with Crippen molar-refractivity contribution in [3.8, 4) is 0 Å². The van der Waals surface area contributed by atoms with Crippen LogP contribution in [0.3, 0.4) is 0 Å². The SMILES string of the molecule is CSCCCCN[C@H](C)c1ccc(Cl)cc1. The van der Waals surface area contributed by atoms with E-state index >= 15 is 0 Å². The van der Waals surface area contributed by atoms with E-state index in [-0.39, 0.29) is 0 Å². The quantitative estimate of drug-likeness (QED) is 0.737. The van der Waals surface area contributed by atoms with E-state index in [2.05, 4.69) is 30.6 Å². The largest absolute Gasteiger partial charge is 0.310 e. The van der Waals surface area contributed by atoms with Crippen LogP contribution < -0.4 is 5.32 Å². The molecule has 0 fully saturated rings. The number of halogens is 1. The molecule has 1 N–H and O–H groups in total. The topological polar surface area (TPSA) is 12.0 Å². The van der Waals surface area contributed by atoms with E-state index in [1.165, 1.54) is 24.2 Å². The Bertz CT molecular complexity index is 286. The van der Waals surface area contributed by atoms with Crippen LogP contribution in [-0.4, -0.2) is 18.6 Å². The summed E-state index contributed by atoms with van der Waals surface area (Å²) in [5.41, 5.74) is 1.30. The smallest absolute Gasteiger partial charge is 0.0406 e. The number of hydrogen-bond acceptors (Lipinski definition) is 2. The minimum atomic E-state index is 0.409. The number of thioether (sulfide) groups is 1. The van der Waals surface area contributed by atoms with Crippen LogP contribution >= 0.6 is 23.4 Å². The predicted octanol–water partition coefficient (Wildman–Crippen LogP) is 4.13. The second-order valence-corrected chi connectivity index (χ2v) is 5.35. The van der Waals surface area contributed by atoms with Crippen molar-refractivity contribution in [3.05, 3.63) is 34.9 Å². The Morgan fingerprint density at radius 3 is 2.56 bits per heavy atom. The summed E-state index contributed by atoms with van der Waals surface area (Å²) in [4.78, 5) is 0. The van der Waals surface area contributed by atoms with Gasteiger partial charge in [-0.25, -0.2) is 0 Å². The number of nitrogens with one attached hydrogen (secondary N) is 1. The molecule has 0 bridgehead atoms. The van der Waals surface area contributed by atoms with Crippen LogP contribution in [0, 0.1) is 0 Å². The summed E-state index contributed by atoms with van der Waals surface area (Å²) in [5, 5.41) is 4.33. The van der Waals surface area contributed by atoms with E-state index in [4.69, 9.17) is 11.6 Å². The van der Waals surface area contributed by atoms with Crippen molar-refractivity contribution >= 4 is 23.4 Å². The van der Waals surface area contributed by atoms with Crippen LogP contribution in [-0.2, 0) is 0 Å². The van der Waals surface area contributed by atoms with Gasteiger partial charge in [0.25, 0.3) is 0 Å². The van der Waals surface area contributed by atoms with Gasteiger partial charge in [-0.1, -0.05) is 23.7 Å². The molecule has 3 heteroatoms. The first-order chi connectivity index (χ1) is 7.74. The molecule has 1 rings (SSSR count). The Morgan fingerprint density at radius 1 is 1.25 bits per heavy atom. The zero-order chi connectivity index (χ0) is 11.8. The van der Waals surface area contributed by atoms with Gasteiger partial charge in [0.2, 0.25) is 0 Å². The van der Waals surface area contributed by atoms with E-state index in [9.17, 15) is 0 Å². The molecule has 0 aliphatic heterocycles. The number of unbranched alkanes of at least 4 members (excludes halogenated alkanes) is 1. The molecule has 0 saturated heterocycles. The van der Waals surface area contributed by atoms with Gasteiger partial charge in [0.15, 0.2) is 0 Å². The van der Waals surface area contributed by atoms with Crippen molar-refractivity contribution in [2.75, 3.05) is 18.6 Å². The fourth-order valence-corrected chi connectivity index (χ4v) is 2.18. The first kappa shape index (κ1) is 13.9. The fourth-order valence-electron chi connectivity index (χ4n) is 1.56. The van der Waals surface area contributed by atoms with Gasteiger partial charge in [0.1, 0.15) is 0 Å². The van der Waals surface area contributed by atoms with E-state index in [0.29, 0.717) is 6.04 Å². The molecule has 90 valence electrons. The Morgan fingerprint density at radius 2 is 1.94 bits per heavy atom. The summed E-state index contributed by atoms with van der Waals surface area (Å²) in [6.45, 7) is 3.28. The summed E-state index contributed by atoms with van der Waals surface area (Å²) in [6.07, 6.45) is 4.70. The summed E-state index contributed by atoms with van der Waals surface area (Å²) < 4.78 is 0. The first-order valence-electron chi connectivity index (χ1n) is 5.72. The van der Waals surface area contributed by atoms with E-state index in [1.807, 2.05) is 23.9 Å². The van der Waals surface area contributed by atoms with Crippen molar-refractivity contribution < 1.29 is 0 Å². The normalized spacial score (nSPS) is 12.7. The average Bonchev–Trinajstić information content (AvgIpc) is 2.29. The third-order valence-corrected chi connectivity index (χ3v) is 3.54. The third-order valence-electron chi connectivity index (χ3n) is 2.60. The summed E-state index contributed by atoms with van der Waals surface area (Å²) in [6, 6.07) is 8.47. The van der Waals surface area contributed by atoms with Gasteiger partial charge in [0.05, 0.1) is 0 Å². The average molecular weight is 258 g/mol.